The lowest BCUT2D eigenvalue weighted by Crippen LogP contribution is -2.28. The van der Waals surface area contributed by atoms with Crippen LogP contribution < -0.4 is 0 Å². The molecule has 112 valence electrons. The van der Waals surface area contributed by atoms with Gasteiger partial charge >= 0.3 is 0 Å². The molecule has 0 unspecified atom stereocenters. The van der Waals surface area contributed by atoms with Crippen LogP contribution in [0.3, 0.4) is 0 Å². The van der Waals surface area contributed by atoms with Crippen molar-refractivity contribution in [3.05, 3.63) is 53.9 Å². The molecule has 1 aromatic carbocycles. The van der Waals surface area contributed by atoms with Crippen LogP contribution in [0.4, 0.5) is 0 Å². The molecule has 4 rings (SSSR count). The zero-order chi connectivity index (χ0) is 14.9. The highest BCUT2D eigenvalue weighted by molar-refractivity contribution is 5.92. The number of fused-ring (bicyclic) bond motifs is 1. The van der Waals surface area contributed by atoms with Gasteiger partial charge in [0.25, 0.3) is 0 Å². The molecule has 1 aliphatic rings. The molecule has 22 heavy (non-hydrogen) atoms. The summed E-state index contributed by atoms with van der Waals surface area (Å²) in [6, 6.07) is 8.45. The van der Waals surface area contributed by atoms with Gasteiger partial charge in [-0.2, -0.15) is 0 Å². The number of nitrogens with one attached hydrogen (secondary N) is 1. The molecule has 0 saturated carbocycles. The first-order valence-electron chi connectivity index (χ1n) is 7.56. The van der Waals surface area contributed by atoms with E-state index in [0.717, 1.165) is 26.1 Å². The summed E-state index contributed by atoms with van der Waals surface area (Å²) in [6.45, 7) is 4.46. The van der Waals surface area contributed by atoms with E-state index >= 15 is 0 Å². The molecule has 1 N–H and O–H groups in total. The van der Waals surface area contributed by atoms with Gasteiger partial charge < -0.3 is 9.40 Å². The summed E-state index contributed by atoms with van der Waals surface area (Å²) in [6.07, 6.45) is 5.46. The summed E-state index contributed by atoms with van der Waals surface area (Å²) in [5, 5.41) is 9.25. The average molecular weight is 294 g/mol. The molecule has 5 nitrogen and oxygen atoms in total. The van der Waals surface area contributed by atoms with Crippen LogP contribution in [0.2, 0.25) is 0 Å². The standard InChI is InChI=1S/C17H18N4O/c1-12-19-20-17(22-12)11-21-8-6-13(7-9-21)15-10-18-16-5-3-2-4-14(15)16/h2-6,10,18H,7-9,11H2,1H3. The number of aromatic amines is 1. The summed E-state index contributed by atoms with van der Waals surface area (Å²) < 4.78 is 5.45. The number of hydrogen-bond acceptors (Lipinski definition) is 4. The molecular formula is C17H18N4O. The van der Waals surface area contributed by atoms with Crippen LogP contribution in [-0.4, -0.2) is 33.2 Å². The van der Waals surface area contributed by atoms with Crippen molar-refractivity contribution in [1.29, 1.82) is 0 Å². The Hall–Kier alpha value is -2.40. The van der Waals surface area contributed by atoms with E-state index in [-0.39, 0.29) is 0 Å². The molecule has 0 fully saturated rings. The smallest absolute Gasteiger partial charge is 0.230 e. The highest BCUT2D eigenvalue weighted by atomic mass is 16.4. The van der Waals surface area contributed by atoms with Gasteiger partial charge in [-0.3, -0.25) is 4.90 Å². The average Bonchev–Trinajstić information content (AvgIpc) is 3.14. The Labute approximate surface area is 128 Å². The van der Waals surface area contributed by atoms with Crippen molar-refractivity contribution in [3.8, 4) is 0 Å². The maximum atomic E-state index is 5.45. The van der Waals surface area contributed by atoms with Crippen molar-refractivity contribution in [1.82, 2.24) is 20.1 Å². The van der Waals surface area contributed by atoms with E-state index in [2.05, 4.69) is 56.6 Å². The molecule has 0 bridgehead atoms. The lowest BCUT2D eigenvalue weighted by Gasteiger charge is -2.24. The van der Waals surface area contributed by atoms with Gasteiger partial charge in [-0.05, 0) is 18.1 Å². The third-order valence-corrected chi connectivity index (χ3v) is 4.16. The molecule has 3 heterocycles. The molecule has 3 aromatic rings. The molecule has 1 aliphatic heterocycles. The van der Waals surface area contributed by atoms with Gasteiger partial charge in [-0.25, -0.2) is 0 Å². The normalized spacial score (nSPS) is 16.1. The number of benzene rings is 1. The zero-order valence-electron chi connectivity index (χ0n) is 12.5. The van der Waals surface area contributed by atoms with Crippen LogP contribution in [-0.2, 0) is 6.54 Å². The van der Waals surface area contributed by atoms with E-state index in [0.29, 0.717) is 11.8 Å². The van der Waals surface area contributed by atoms with E-state index in [1.54, 1.807) is 0 Å². The van der Waals surface area contributed by atoms with Crippen LogP contribution in [0.5, 0.6) is 0 Å². The maximum Gasteiger partial charge on any atom is 0.230 e. The van der Waals surface area contributed by atoms with Crippen molar-refractivity contribution >= 4 is 16.5 Å². The molecule has 0 spiro atoms. The van der Waals surface area contributed by atoms with Crippen molar-refractivity contribution in [2.45, 2.75) is 19.9 Å². The Balaban J connectivity index is 1.51. The topological polar surface area (TPSA) is 58.0 Å². The van der Waals surface area contributed by atoms with E-state index in [4.69, 9.17) is 4.42 Å². The van der Waals surface area contributed by atoms with Gasteiger partial charge in [0.05, 0.1) is 6.54 Å². The van der Waals surface area contributed by atoms with Gasteiger partial charge in [-0.1, -0.05) is 24.3 Å². The first-order valence-corrected chi connectivity index (χ1v) is 7.56. The Bertz CT molecular complexity index is 830. The summed E-state index contributed by atoms with van der Waals surface area (Å²) >= 11 is 0. The van der Waals surface area contributed by atoms with E-state index < -0.39 is 0 Å². The second-order valence-electron chi connectivity index (χ2n) is 5.68. The number of rotatable bonds is 3. The number of para-hydroxylation sites is 1. The summed E-state index contributed by atoms with van der Waals surface area (Å²) in [5.74, 6) is 1.32. The summed E-state index contributed by atoms with van der Waals surface area (Å²) in [4.78, 5) is 5.68. The second kappa shape index (κ2) is 5.42. The van der Waals surface area contributed by atoms with Crippen LogP contribution >= 0.6 is 0 Å². The fraction of sp³-hybridized carbons (Fsp3) is 0.294. The lowest BCUT2D eigenvalue weighted by atomic mass is 9.99. The van der Waals surface area contributed by atoms with Gasteiger partial charge in [0.1, 0.15) is 0 Å². The fourth-order valence-corrected chi connectivity index (χ4v) is 3.03. The predicted molar refractivity (Wildman–Crippen MR) is 85.2 cm³/mol. The van der Waals surface area contributed by atoms with Gasteiger partial charge in [0, 0.05) is 42.7 Å². The van der Waals surface area contributed by atoms with Crippen LogP contribution in [0, 0.1) is 6.92 Å². The third-order valence-electron chi connectivity index (χ3n) is 4.16. The van der Waals surface area contributed by atoms with Crippen LogP contribution in [0.15, 0.2) is 41.0 Å². The number of aromatic nitrogens is 3. The fourth-order valence-electron chi connectivity index (χ4n) is 3.03. The molecule has 5 heteroatoms. The molecule has 0 radical (unpaired) electrons. The molecule has 2 aromatic heterocycles. The Kier molecular flexibility index (Phi) is 3.27. The largest absolute Gasteiger partial charge is 0.424 e. The minimum Gasteiger partial charge on any atom is -0.424 e. The lowest BCUT2D eigenvalue weighted by molar-refractivity contribution is 0.260. The number of nitrogens with zero attached hydrogens (tertiary/aromatic N) is 3. The second-order valence-corrected chi connectivity index (χ2v) is 5.68. The predicted octanol–water partition coefficient (Wildman–Crippen LogP) is 3.15. The van der Waals surface area contributed by atoms with Gasteiger partial charge in [0.2, 0.25) is 11.8 Å². The third kappa shape index (κ3) is 2.44. The first-order chi connectivity index (χ1) is 10.8. The zero-order valence-corrected chi connectivity index (χ0v) is 12.5. The molecule has 0 amide bonds. The summed E-state index contributed by atoms with van der Waals surface area (Å²) in [7, 11) is 0. The number of H-pyrrole nitrogens is 1. The SMILES string of the molecule is Cc1nnc(CN2CC=C(c3c[nH]c4ccccc34)CC2)o1. The highest BCUT2D eigenvalue weighted by Gasteiger charge is 2.17. The van der Waals surface area contributed by atoms with Crippen molar-refractivity contribution < 1.29 is 4.42 Å². The Morgan fingerprint density at radius 3 is 2.95 bits per heavy atom. The first kappa shape index (κ1) is 13.3. The molecule has 0 aliphatic carbocycles. The van der Waals surface area contributed by atoms with Crippen molar-refractivity contribution in [3.63, 3.8) is 0 Å². The Morgan fingerprint density at radius 2 is 2.18 bits per heavy atom. The molecular weight excluding hydrogens is 276 g/mol. The Morgan fingerprint density at radius 1 is 1.27 bits per heavy atom. The van der Waals surface area contributed by atoms with Crippen molar-refractivity contribution in [2.75, 3.05) is 13.1 Å². The van der Waals surface area contributed by atoms with E-state index in [9.17, 15) is 0 Å². The molecule has 0 atom stereocenters. The minimum atomic E-state index is 0.627. The minimum absolute atomic E-state index is 0.627. The monoisotopic (exact) mass is 294 g/mol. The number of aryl methyl sites for hydroxylation is 1. The van der Waals surface area contributed by atoms with Gasteiger partial charge in [0.15, 0.2) is 0 Å². The quantitative estimate of drug-likeness (QED) is 0.806. The van der Waals surface area contributed by atoms with Crippen LogP contribution in [0.1, 0.15) is 23.8 Å². The maximum absolute atomic E-state index is 5.45. The van der Waals surface area contributed by atoms with Crippen molar-refractivity contribution in [2.24, 2.45) is 0 Å². The van der Waals surface area contributed by atoms with Crippen LogP contribution in [0.25, 0.3) is 16.5 Å². The summed E-state index contributed by atoms with van der Waals surface area (Å²) in [5.41, 5.74) is 3.93. The van der Waals surface area contributed by atoms with E-state index in [1.807, 2.05) is 6.92 Å². The highest BCUT2D eigenvalue weighted by Crippen LogP contribution is 2.29. The van der Waals surface area contributed by atoms with Gasteiger partial charge in [-0.15, -0.1) is 10.2 Å². The van der Waals surface area contributed by atoms with E-state index in [1.165, 1.54) is 22.0 Å². The number of hydrogen-bond donors (Lipinski definition) is 1. The molecule has 0 saturated heterocycles.